The monoisotopic (exact) mass is 250 g/mol. The SMILES string of the molecule is Nc1nc(NCC2COCCO2)c2[nH]cnc2n1. The van der Waals surface area contributed by atoms with Crippen molar-refractivity contribution in [3.63, 3.8) is 0 Å². The minimum Gasteiger partial charge on any atom is -0.376 e. The zero-order valence-corrected chi connectivity index (χ0v) is 9.72. The van der Waals surface area contributed by atoms with E-state index in [1.165, 1.54) is 0 Å². The largest absolute Gasteiger partial charge is 0.376 e. The first-order valence-electron chi connectivity index (χ1n) is 5.73. The van der Waals surface area contributed by atoms with Crippen molar-refractivity contribution in [2.75, 3.05) is 37.4 Å². The molecule has 0 spiro atoms. The standard InChI is InChI=1S/C10H14N6O2/c11-10-15-8(7-9(16-10)14-5-13-7)12-3-6-4-17-1-2-18-6/h5-6H,1-4H2,(H4,11,12,13,14,15,16). The molecule has 8 heteroatoms. The van der Waals surface area contributed by atoms with Crippen LogP contribution in [0.15, 0.2) is 6.33 Å². The highest BCUT2D eigenvalue weighted by Gasteiger charge is 2.15. The van der Waals surface area contributed by atoms with Gasteiger partial charge in [-0.05, 0) is 0 Å². The van der Waals surface area contributed by atoms with Crippen LogP contribution in [0.2, 0.25) is 0 Å². The molecule has 0 bridgehead atoms. The summed E-state index contributed by atoms with van der Waals surface area (Å²) in [5.74, 6) is 0.821. The maximum Gasteiger partial charge on any atom is 0.224 e. The molecule has 0 amide bonds. The first-order valence-corrected chi connectivity index (χ1v) is 5.73. The van der Waals surface area contributed by atoms with E-state index in [2.05, 4.69) is 25.3 Å². The minimum absolute atomic E-state index is 0.0212. The van der Waals surface area contributed by atoms with Gasteiger partial charge in [-0.25, -0.2) is 4.98 Å². The number of imidazole rings is 1. The number of hydrogen-bond acceptors (Lipinski definition) is 7. The molecule has 1 unspecified atom stereocenters. The number of ether oxygens (including phenoxy) is 2. The van der Waals surface area contributed by atoms with Crippen LogP contribution in [0.25, 0.3) is 11.2 Å². The van der Waals surface area contributed by atoms with Crippen molar-refractivity contribution in [3.8, 4) is 0 Å². The highest BCUT2D eigenvalue weighted by Crippen LogP contribution is 2.17. The molecule has 0 radical (unpaired) electrons. The van der Waals surface area contributed by atoms with E-state index < -0.39 is 0 Å². The Morgan fingerprint density at radius 1 is 1.44 bits per heavy atom. The van der Waals surface area contributed by atoms with Gasteiger partial charge in [-0.15, -0.1) is 0 Å². The van der Waals surface area contributed by atoms with Gasteiger partial charge < -0.3 is 25.5 Å². The second kappa shape index (κ2) is 4.75. The van der Waals surface area contributed by atoms with E-state index in [1.807, 2.05) is 0 Å². The molecule has 3 heterocycles. The molecule has 0 saturated carbocycles. The molecule has 2 aromatic rings. The molecule has 1 aliphatic heterocycles. The van der Waals surface area contributed by atoms with E-state index in [0.29, 0.717) is 37.8 Å². The van der Waals surface area contributed by atoms with E-state index in [4.69, 9.17) is 15.2 Å². The number of nitrogens with one attached hydrogen (secondary N) is 2. The highest BCUT2D eigenvalue weighted by molar-refractivity contribution is 5.83. The van der Waals surface area contributed by atoms with Crippen LogP contribution >= 0.6 is 0 Å². The summed E-state index contributed by atoms with van der Waals surface area (Å²) in [6.45, 7) is 2.46. The molecule has 96 valence electrons. The summed E-state index contributed by atoms with van der Waals surface area (Å²) in [6, 6.07) is 0. The van der Waals surface area contributed by atoms with Crippen LogP contribution < -0.4 is 11.1 Å². The maximum atomic E-state index is 5.62. The molecular weight excluding hydrogens is 236 g/mol. The van der Waals surface area contributed by atoms with Crippen LogP contribution in [-0.4, -0.2) is 52.4 Å². The Labute approximate surface area is 103 Å². The van der Waals surface area contributed by atoms with Crippen LogP contribution in [-0.2, 0) is 9.47 Å². The molecule has 3 rings (SSSR count). The summed E-state index contributed by atoms with van der Waals surface area (Å²) < 4.78 is 10.9. The molecule has 18 heavy (non-hydrogen) atoms. The first-order chi connectivity index (χ1) is 8.83. The number of aromatic amines is 1. The minimum atomic E-state index is 0.0212. The molecule has 0 aromatic carbocycles. The van der Waals surface area contributed by atoms with Crippen LogP contribution in [0.3, 0.4) is 0 Å². The Hall–Kier alpha value is -1.93. The molecule has 1 fully saturated rings. The van der Waals surface area contributed by atoms with Crippen molar-refractivity contribution in [1.29, 1.82) is 0 Å². The molecule has 2 aromatic heterocycles. The maximum absolute atomic E-state index is 5.62. The fourth-order valence-electron chi connectivity index (χ4n) is 1.84. The summed E-state index contributed by atoms with van der Waals surface area (Å²) in [5.41, 5.74) is 6.90. The number of rotatable bonds is 3. The number of aromatic nitrogens is 4. The normalized spacial score (nSPS) is 20.1. The van der Waals surface area contributed by atoms with Crippen molar-refractivity contribution in [2.24, 2.45) is 0 Å². The average Bonchev–Trinajstić information content (AvgIpc) is 2.85. The summed E-state index contributed by atoms with van der Waals surface area (Å²) >= 11 is 0. The Morgan fingerprint density at radius 2 is 2.39 bits per heavy atom. The summed E-state index contributed by atoms with van der Waals surface area (Å²) in [6.07, 6.45) is 1.58. The number of nitrogens with two attached hydrogens (primary N) is 1. The quantitative estimate of drug-likeness (QED) is 0.689. The van der Waals surface area contributed by atoms with Crippen molar-refractivity contribution in [1.82, 2.24) is 19.9 Å². The Morgan fingerprint density at radius 3 is 3.22 bits per heavy atom. The molecule has 1 saturated heterocycles. The number of anilines is 2. The predicted octanol–water partition coefficient (Wildman–Crippen LogP) is -0.238. The van der Waals surface area contributed by atoms with Gasteiger partial charge in [-0.3, -0.25) is 0 Å². The Kier molecular flexibility index (Phi) is 2.95. The van der Waals surface area contributed by atoms with Gasteiger partial charge in [0, 0.05) is 6.54 Å². The number of fused-ring (bicyclic) bond motifs is 1. The lowest BCUT2D eigenvalue weighted by Crippen LogP contribution is -2.34. The van der Waals surface area contributed by atoms with Gasteiger partial charge in [0.25, 0.3) is 0 Å². The Bertz CT molecular complexity index is 536. The second-order valence-corrected chi connectivity index (χ2v) is 3.98. The molecule has 8 nitrogen and oxygen atoms in total. The summed E-state index contributed by atoms with van der Waals surface area (Å²) in [7, 11) is 0. The average molecular weight is 250 g/mol. The molecule has 1 atom stereocenters. The molecule has 4 N–H and O–H groups in total. The van der Waals surface area contributed by atoms with Gasteiger partial charge in [-0.2, -0.15) is 9.97 Å². The summed E-state index contributed by atoms with van der Waals surface area (Å²) in [4.78, 5) is 15.2. The van der Waals surface area contributed by atoms with Gasteiger partial charge >= 0.3 is 0 Å². The van der Waals surface area contributed by atoms with Crippen molar-refractivity contribution in [2.45, 2.75) is 6.10 Å². The fourth-order valence-corrected chi connectivity index (χ4v) is 1.84. The highest BCUT2D eigenvalue weighted by atomic mass is 16.6. The van der Waals surface area contributed by atoms with E-state index in [1.54, 1.807) is 6.33 Å². The number of nitrogen functional groups attached to an aromatic ring is 1. The van der Waals surface area contributed by atoms with Crippen molar-refractivity contribution < 1.29 is 9.47 Å². The zero-order valence-electron chi connectivity index (χ0n) is 9.72. The number of hydrogen-bond donors (Lipinski definition) is 3. The lowest BCUT2D eigenvalue weighted by atomic mass is 10.3. The van der Waals surface area contributed by atoms with Crippen LogP contribution in [0.5, 0.6) is 0 Å². The van der Waals surface area contributed by atoms with Gasteiger partial charge in [-0.1, -0.05) is 0 Å². The van der Waals surface area contributed by atoms with Crippen molar-refractivity contribution >= 4 is 22.9 Å². The molecule has 1 aliphatic rings. The van der Waals surface area contributed by atoms with Gasteiger partial charge in [0.1, 0.15) is 5.52 Å². The first kappa shape index (κ1) is 11.2. The van der Waals surface area contributed by atoms with Gasteiger partial charge in [0.2, 0.25) is 5.95 Å². The predicted molar refractivity (Wildman–Crippen MR) is 65.1 cm³/mol. The van der Waals surface area contributed by atoms with Crippen LogP contribution in [0.1, 0.15) is 0 Å². The summed E-state index contributed by atoms with van der Waals surface area (Å²) in [5, 5.41) is 3.18. The Balaban J connectivity index is 1.75. The van der Waals surface area contributed by atoms with E-state index in [9.17, 15) is 0 Å². The number of H-pyrrole nitrogens is 1. The third-order valence-corrected chi connectivity index (χ3v) is 2.69. The topological polar surface area (TPSA) is 111 Å². The second-order valence-electron chi connectivity index (χ2n) is 3.98. The van der Waals surface area contributed by atoms with Crippen LogP contribution in [0.4, 0.5) is 11.8 Å². The molecule has 0 aliphatic carbocycles. The lowest BCUT2D eigenvalue weighted by Gasteiger charge is -2.23. The van der Waals surface area contributed by atoms with Gasteiger partial charge in [0.05, 0.1) is 32.3 Å². The lowest BCUT2D eigenvalue weighted by molar-refractivity contribution is -0.0819. The number of nitrogens with zero attached hydrogens (tertiary/aromatic N) is 3. The zero-order chi connectivity index (χ0) is 12.4. The van der Waals surface area contributed by atoms with E-state index in [0.717, 1.165) is 5.52 Å². The van der Waals surface area contributed by atoms with Gasteiger partial charge in [0.15, 0.2) is 11.5 Å². The van der Waals surface area contributed by atoms with E-state index in [-0.39, 0.29) is 12.1 Å². The smallest absolute Gasteiger partial charge is 0.224 e. The van der Waals surface area contributed by atoms with Crippen molar-refractivity contribution in [3.05, 3.63) is 6.33 Å². The third kappa shape index (κ3) is 2.20. The van der Waals surface area contributed by atoms with Crippen LogP contribution in [0, 0.1) is 0 Å². The third-order valence-electron chi connectivity index (χ3n) is 2.69. The molecular formula is C10H14N6O2. The van der Waals surface area contributed by atoms with E-state index >= 15 is 0 Å². The fraction of sp³-hybridized carbons (Fsp3) is 0.500.